The van der Waals surface area contributed by atoms with Crippen LogP contribution < -0.4 is 11.1 Å². The van der Waals surface area contributed by atoms with Gasteiger partial charge in [-0.3, -0.25) is 9.69 Å². The topological polar surface area (TPSA) is 67.6 Å². The molecule has 1 heterocycles. The van der Waals surface area contributed by atoms with Crippen LogP contribution in [0.3, 0.4) is 0 Å². The Kier molecular flexibility index (Phi) is 5.63. The molecule has 5 heteroatoms. The number of rotatable bonds is 5. The van der Waals surface area contributed by atoms with Crippen LogP contribution in [0.25, 0.3) is 0 Å². The molecular formula is C16H31N3O2. The summed E-state index contributed by atoms with van der Waals surface area (Å²) in [6.07, 6.45) is 5.47. The molecule has 0 aromatic rings. The maximum atomic E-state index is 12.1. The number of morpholine rings is 1. The van der Waals surface area contributed by atoms with Crippen LogP contribution in [0, 0.1) is 0 Å². The number of nitrogens with two attached hydrogens (primary N) is 1. The van der Waals surface area contributed by atoms with Crippen molar-refractivity contribution in [3.05, 3.63) is 0 Å². The summed E-state index contributed by atoms with van der Waals surface area (Å²) in [4.78, 5) is 14.6. The van der Waals surface area contributed by atoms with Gasteiger partial charge in [-0.05, 0) is 52.5 Å². The van der Waals surface area contributed by atoms with E-state index in [0.29, 0.717) is 6.04 Å². The SMILES string of the molecule is CCCNC1(C(N)=O)CCCC(N2C[C@@H](C)O[C@@H](C)C2)C1. The van der Waals surface area contributed by atoms with Gasteiger partial charge in [0.05, 0.1) is 17.7 Å². The molecule has 0 aromatic heterocycles. The number of nitrogens with zero attached hydrogens (tertiary/aromatic N) is 1. The van der Waals surface area contributed by atoms with Gasteiger partial charge in [0.1, 0.15) is 0 Å². The van der Waals surface area contributed by atoms with Gasteiger partial charge in [-0.2, -0.15) is 0 Å². The average molecular weight is 297 g/mol. The molecular weight excluding hydrogens is 266 g/mol. The number of carbonyl (C=O) groups excluding carboxylic acids is 1. The van der Waals surface area contributed by atoms with Crippen LogP contribution in [0.15, 0.2) is 0 Å². The third-order valence-corrected chi connectivity index (χ3v) is 4.87. The van der Waals surface area contributed by atoms with Crippen LogP contribution in [0.2, 0.25) is 0 Å². The first-order valence-corrected chi connectivity index (χ1v) is 8.41. The zero-order valence-corrected chi connectivity index (χ0v) is 13.7. The summed E-state index contributed by atoms with van der Waals surface area (Å²) in [6, 6.07) is 0.435. The molecule has 0 radical (unpaired) electrons. The van der Waals surface area contributed by atoms with Crippen LogP contribution in [0.5, 0.6) is 0 Å². The highest BCUT2D eigenvalue weighted by Gasteiger charge is 2.43. The summed E-state index contributed by atoms with van der Waals surface area (Å²) >= 11 is 0. The lowest BCUT2D eigenvalue weighted by atomic mass is 9.77. The quantitative estimate of drug-likeness (QED) is 0.802. The van der Waals surface area contributed by atoms with Gasteiger partial charge >= 0.3 is 0 Å². The third-order valence-electron chi connectivity index (χ3n) is 4.87. The minimum Gasteiger partial charge on any atom is -0.373 e. The van der Waals surface area contributed by atoms with E-state index in [2.05, 4.69) is 31.0 Å². The fourth-order valence-electron chi connectivity index (χ4n) is 3.91. The lowest BCUT2D eigenvalue weighted by Crippen LogP contribution is -2.62. The second-order valence-electron chi connectivity index (χ2n) is 6.83. The summed E-state index contributed by atoms with van der Waals surface area (Å²) in [6.45, 7) is 9.14. The number of ether oxygens (including phenoxy) is 1. The minimum atomic E-state index is -0.510. The zero-order chi connectivity index (χ0) is 15.5. The van der Waals surface area contributed by atoms with Crippen molar-refractivity contribution in [1.82, 2.24) is 10.2 Å². The molecule has 0 bridgehead atoms. The second kappa shape index (κ2) is 7.07. The van der Waals surface area contributed by atoms with Gasteiger partial charge < -0.3 is 15.8 Å². The first-order valence-electron chi connectivity index (χ1n) is 8.41. The monoisotopic (exact) mass is 297 g/mol. The molecule has 1 saturated carbocycles. The first-order chi connectivity index (χ1) is 9.97. The van der Waals surface area contributed by atoms with Crippen LogP contribution >= 0.6 is 0 Å². The van der Waals surface area contributed by atoms with E-state index in [0.717, 1.165) is 51.7 Å². The number of hydrogen-bond donors (Lipinski definition) is 2. The second-order valence-corrected chi connectivity index (χ2v) is 6.83. The van der Waals surface area contributed by atoms with Gasteiger partial charge in [-0.15, -0.1) is 0 Å². The lowest BCUT2D eigenvalue weighted by Gasteiger charge is -2.46. The summed E-state index contributed by atoms with van der Waals surface area (Å²) < 4.78 is 5.82. The van der Waals surface area contributed by atoms with Gasteiger partial charge in [0.2, 0.25) is 5.91 Å². The van der Waals surface area contributed by atoms with Crippen molar-refractivity contribution in [1.29, 1.82) is 0 Å². The third kappa shape index (κ3) is 3.96. The predicted molar refractivity (Wildman–Crippen MR) is 84.1 cm³/mol. The van der Waals surface area contributed by atoms with Crippen molar-refractivity contribution in [2.45, 2.75) is 76.7 Å². The van der Waals surface area contributed by atoms with Gasteiger partial charge in [0, 0.05) is 19.1 Å². The molecule has 2 fully saturated rings. The number of primary amides is 1. The van der Waals surface area contributed by atoms with Gasteiger partial charge in [0.15, 0.2) is 0 Å². The van der Waals surface area contributed by atoms with Crippen molar-refractivity contribution in [3.8, 4) is 0 Å². The van der Waals surface area contributed by atoms with E-state index in [1.165, 1.54) is 0 Å². The van der Waals surface area contributed by atoms with E-state index < -0.39 is 5.54 Å². The number of nitrogens with one attached hydrogen (secondary N) is 1. The molecule has 122 valence electrons. The molecule has 2 unspecified atom stereocenters. The smallest absolute Gasteiger partial charge is 0.237 e. The molecule has 4 atom stereocenters. The molecule has 5 nitrogen and oxygen atoms in total. The van der Waals surface area contributed by atoms with Crippen molar-refractivity contribution in [2.75, 3.05) is 19.6 Å². The van der Waals surface area contributed by atoms with E-state index in [4.69, 9.17) is 10.5 Å². The van der Waals surface area contributed by atoms with Crippen LogP contribution in [-0.2, 0) is 9.53 Å². The highest BCUT2D eigenvalue weighted by Crippen LogP contribution is 2.32. The Hall–Kier alpha value is -0.650. The Morgan fingerprint density at radius 1 is 1.38 bits per heavy atom. The van der Waals surface area contributed by atoms with Crippen molar-refractivity contribution < 1.29 is 9.53 Å². The van der Waals surface area contributed by atoms with Crippen molar-refractivity contribution >= 4 is 5.91 Å². The van der Waals surface area contributed by atoms with E-state index in [1.807, 2.05) is 0 Å². The van der Waals surface area contributed by atoms with Crippen LogP contribution in [0.4, 0.5) is 0 Å². The Labute approximate surface area is 128 Å². The van der Waals surface area contributed by atoms with E-state index in [9.17, 15) is 4.79 Å². The summed E-state index contributed by atoms with van der Waals surface area (Å²) in [5.41, 5.74) is 5.23. The van der Waals surface area contributed by atoms with E-state index in [-0.39, 0.29) is 18.1 Å². The maximum absolute atomic E-state index is 12.1. The predicted octanol–water partition coefficient (Wildman–Crippen LogP) is 1.26. The van der Waals surface area contributed by atoms with Crippen LogP contribution in [0.1, 0.15) is 52.9 Å². The summed E-state index contributed by atoms with van der Waals surface area (Å²) in [5.74, 6) is -0.185. The van der Waals surface area contributed by atoms with E-state index in [1.54, 1.807) is 0 Å². The highest BCUT2D eigenvalue weighted by atomic mass is 16.5. The molecule has 3 N–H and O–H groups in total. The standard InChI is InChI=1S/C16H31N3O2/c1-4-8-18-16(15(17)20)7-5-6-14(9-16)19-10-12(2)21-13(3)11-19/h12-14,18H,4-11H2,1-3H3,(H2,17,20)/t12-,13+,14?,16?. The van der Waals surface area contributed by atoms with Crippen molar-refractivity contribution in [2.24, 2.45) is 5.73 Å². The molecule has 2 aliphatic rings. The largest absolute Gasteiger partial charge is 0.373 e. The maximum Gasteiger partial charge on any atom is 0.237 e. The zero-order valence-electron chi connectivity index (χ0n) is 13.7. The Balaban J connectivity index is 2.05. The molecule has 0 spiro atoms. The molecule has 0 aromatic carbocycles. The Morgan fingerprint density at radius 3 is 2.62 bits per heavy atom. The molecule has 1 aliphatic heterocycles. The summed E-state index contributed by atoms with van der Waals surface area (Å²) in [5, 5.41) is 3.44. The Bertz CT molecular complexity index is 353. The minimum absolute atomic E-state index is 0.185. The Morgan fingerprint density at radius 2 is 2.05 bits per heavy atom. The number of amides is 1. The normalized spacial score (nSPS) is 38.3. The van der Waals surface area contributed by atoms with Gasteiger partial charge in [-0.25, -0.2) is 0 Å². The highest BCUT2D eigenvalue weighted by molar-refractivity contribution is 5.84. The van der Waals surface area contributed by atoms with Crippen molar-refractivity contribution in [3.63, 3.8) is 0 Å². The molecule has 1 aliphatic carbocycles. The number of hydrogen-bond acceptors (Lipinski definition) is 4. The van der Waals surface area contributed by atoms with Gasteiger partial charge in [0.25, 0.3) is 0 Å². The fraction of sp³-hybridized carbons (Fsp3) is 0.938. The summed E-state index contributed by atoms with van der Waals surface area (Å²) in [7, 11) is 0. The first kappa shape index (κ1) is 16.7. The molecule has 1 saturated heterocycles. The average Bonchev–Trinajstić information content (AvgIpc) is 2.44. The van der Waals surface area contributed by atoms with Crippen LogP contribution in [-0.4, -0.2) is 54.2 Å². The van der Waals surface area contributed by atoms with Gasteiger partial charge in [-0.1, -0.05) is 6.92 Å². The van der Waals surface area contributed by atoms with E-state index >= 15 is 0 Å². The molecule has 1 amide bonds. The lowest BCUT2D eigenvalue weighted by molar-refractivity contribution is -0.128. The number of carbonyl (C=O) groups is 1. The molecule has 2 rings (SSSR count). The fourth-order valence-corrected chi connectivity index (χ4v) is 3.91. The molecule has 21 heavy (non-hydrogen) atoms.